The van der Waals surface area contributed by atoms with Crippen molar-refractivity contribution in [3.8, 4) is 0 Å². The average molecular weight is 240 g/mol. The lowest BCUT2D eigenvalue weighted by molar-refractivity contribution is 0.153. The van der Waals surface area contributed by atoms with Crippen molar-refractivity contribution in [3.63, 3.8) is 0 Å². The van der Waals surface area contributed by atoms with Crippen molar-refractivity contribution in [2.45, 2.75) is 11.5 Å². The quantitative estimate of drug-likeness (QED) is 0.845. The fraction of sp³-hybridized carbons (Fsp3) is 0.286. The zero-order valence-electron chi connectivity index (χ0n) is 7.32. The average Bonchev–Trinajstić information content (AvgIpc) is 2.15. The monoisotopic (exact) mass is 240 g/mol. The predicted molar refractivity (Wildman–Crippen MR) is 45.4 cm³/mol. The van der Waals surface area contributed by atoms with Crippen LogP contribution in [0.5, 0.6) is 0 Å². The number of nitrogens with one attached hydrogen (secondary N) is 1. The number of hydrogen-bond donors (Lipinski definition) is 1. The fourth-order valence-corrected chi connectivity index (χ4v) is 1.82. The van der Waals surface area contributed by atoms with Crippen LogP contribution in [-0.2, 0) is 10.0 Å². The third kappa shape index (κ3) is 3.17. The first kappa shape index (κ1) is 11.9. The van der Waals surface area contributed by atoms with Gasteiger partial charge in [0.2, 0.25) is 5.03 Å². The Morgan fingerprint density at radius 1 is 1.47 bits per heavy atom. The standard InChI is InChI=1S/C7H7F3N2O2S/c8-5-2-1-3-11-7(5)15(13,14)12-4-6(9)10/h1-3,6,12H,4H2. The van der Waals surface area contributed by atoms with E-state index in [1.54, 1.807) is 0 Å². The van der Waals surface area contributed by atoms with Gasteiger partial charge in [0.15, 0.2) is 5.82 Å². The van der Waals surface area contributed by atoms with Gasteiger partial charge in [-0.2, -0.15) is 0 Å². The smallest absolute Gasteiger partial charge is 0.241 e. The van der Waals surface area contributed by atoms with E-state index in [2.05, 4.69) is 4.98 Å². The lowest BCUT2D eigenvalue weighted by Crippen LogP contribution is -2.29. The summed E-state index contributed by atoms with van der Waals surface area (Å²) in [4.78, 5) is 3.26. The van der Waals surface area contributed by atoms with Crippen LogP contribution < -0.4 is 4.72 Å². The summed E-state index contributed by atoms with van der Waals surface area (Å²) in [5.41, 5.74) is 0. The molecule has 0 spiro atoms. The molecule has 1 rings (SSSR count). The SMILES string of the molecule is O=S(=O)(NCC(F)F)c1ncccc1F. The molecule has 1 aromatic heterocycles. The molecule has 0 aromatic carbocycles. The van der Waals surface area contributed by atoms with Crippen molar-refractivity contribution in [2.75, 3.05) is 6.54 Å². The summed E-state index contributed by atoms with van der Waals surface area (Å²) >= 11 is 0. The number of nitrogens with zero attached hydrogens (tertiary/aromatic N) is 1. The Hall–Kier alpha value is -1.15. The van der Waals surface area contributed by atoms with E-state index in [1.807, 2.05) is 0 Å². The molecule has 0 bridgehead atoms. The zero-order valence-corrected chi connectivity index (χ0v) is 8.14. The highest BCUT2D eigenvalue weighted by atomic mass is 32.2. The van der Waals surface area contributed by atoms with Crippen LogP contribution in [0.2, 0.25) is 0 Å². The van der Waals surface area contributed by atoms with Crippen LogP contribution in [0.25, 0.3) is 0 Å². The summed E-state index contributed by atoms with van der Waals surface area (Å²) in [6, 6.07) is 2.07. The molecule has 1 heterocycles. The number of alkyl halides is 2. The van der Waals surface area contributed by atoms with Crippen molar-refractivity contribution < 1.29 is 21.6 Å². The largest absolute Gasteiger partial charge is 0.261 e. The van der Waals surface area contributed by atoms with Crippen molar-refractivity contribution in [2.24, 2.45) is 0 Å². The highest BCUT2D eigenvalue weighted by Crippen LogP contribution is 2.09. The number of pyridine rings is 1. The van der Waals surface area contributed by atoms with Crippen LogP contribution in [0.15, 0.2) is 23.4 Å². The minimum atomic E-state index is -4.30. The van der Waals surface area contributed by atoms with Gasteiger partial charge in [-0.3, -0.25) is 0 Å². The van der Waals surface area contributed by atoms with Crippen LogP contribution in [0.4, 0.5) is 13.2 Å². The van der Waals surface area contributed by atoms with Crippen LogP contribution in [0, 0.1) is 5.82 Å². The Labute approximate surface area is 84.2 Å². The van der Waals surface area contributed by atoms with Gasteiger partial charge >= 0.3 is 0 Å². The molecule has 0 fully saturated rings. The number of halogens is 3. The second kappa shape index (κ2) is 4.58. The third-order valence-corrected chi connectivity index (χ3v) is 2.76. The molecule has 0 radical (unpaired) electrons. The van der Waals surface area contributed by atoms with Gasteiger partial charge in [0.25, 0.3) is 16.4 Å². The van der Waals surface area contributed by atoms with Crippen molar-refractivity contribution in [3.05, 3.63) is 24.1 Å². The first-order valence-corrected chi connectivity index (χ1v) is 5.30. The Kier molecular flexibility index (Phi) is 3.64. The molecule has 8 heteroatoms. The molecule has 0 saturated carbocycles. The van der Waals surface area contributed by atoms with Gasteiger partial charge in [0.1, 0.15) is 0 Å². The minimum absolute atomic E-state index is 0.879. The van der Waals surface area contributed by atoms with E-state index in [-0.39, 0.29) is 0 Å². The topological polar surface area (TPSA) is 59.1 Å². The van der Waals surface area contributed by atoms with Gasteiger partial charge in [-0.1, -0.05) is 0 Å². The normalized spacial score (nSPS) is 12.0. The molecule has 4 nitrogen and oxygen atoms in total. The van der Waals surface area contributed by atoms with Crippen LogP contribution >= 0.6 is 0 Å². The Morgan fingerprint density at radius 3 is 2.67 bits per heavy atom. The van der Waals surface area contributed by atoms with Gasteiger partial charge in [-0.05, 0) is 12.1 Å². The zero-order chi connectivity index (χ0) is 11.5. The van der Waals surface area contributed by atoms with Crippen LogP contribution in [0.1, 0.15) is 0 Å². The van der Waals surface area contributed by atoms with Gasteiger partial charge in [0.05, 0.1) is 6.54 Å². The summed E-state index contributed by atoms with van der Waals surface area (Å²) in [7, 11) is -4.30. The molecule has 0 aliphatic rings. The number of sulfonamides is 1. The first-order chi connectivity index (χ1) is 6.93. The van der Waals surface area contributed by atoms with Gasteiger partial charge in [-0.25, -0.2) is 31.3 Å². The lowest BCUT2D eigenvalue weighted by Gasteiger charge is -2.05. The molecular formula is C7H7F3N2O2S. The number of aromatic nitrogens is 1. The second-order valence-corrected chi connectivity index (χ2v) is 4.22. The Balaban J connectivity index is 2.92. The number of rotatable bonds is 4. The minimum Gasteiger partial charge on any atom is -0.241 e. The van der Waals surface area contributed by atoms with E-state index in [9.17, 15) is 21.6 Å². The summed E-state index contributed by atoms with van der Waals surface area (Å²) in [6.45, 7) is -1.07. The third-order valence-electron chi connectivity index (χ3n) is 1.41. The summed E-state index contributed by atoms with van der Waals surface area (Å²) < 4.78 is 60.4. The fourth-order valence-electron chi connectivity index (χ4n) is 0.810. The molecule has 0 saturated heterocycles. The molecule has 1 N–H and O–H groups in total. The summed E-state index contributed by atoms with van der Waals surface area (Å²) in [5.74, 6) is -1.08. The summed E-state index contributed by atoms with van der Waals surface area (Å²) in [5, 5.41) is -0.884. The van der Waals surface area contributed by atoms with E-state index in [0.717, 1.165) is 12.3 Å². The van der Waals surface area contributed by atoms with Crippen LogP contribution in [-0.4, -0.2) is 26.4 Å². The van der Waals surface area contributed by atoms with Crippen molar-refractivity contribution >= 4 is 10.0 Å². The number of hydrogen-bond acceptors (Lipinski definition) is 3. The lowest BCUT2D eigenvalue weighted by atomic mass is 10.5. The molecule has 15 heavy (non-hydrogen) atoms. The predicted octanol–water partition coefficient (Wildman–Crippen LogP) is 0.764. The summed E-state index contributed by atoms with van der Waals surface area (Å²) in [6.07, 6.45) is -1.79. The molecule has 0 atom stereocenters. The van der Waals surface area contributed by atoms with E-state index in [1.165, 1.54) is 10.8 Å². The van der Waals surface area contributed by atoms with E-state index >= 15 is 0 Å². The molecular weight excluding hydrogens is 233 g/mol. The maximum absolute atomic E-state index is 12.9. The van der Waals surface area contributed by atoms with E-state index in [0.29, 0.717) is 0 Å². The van der Waals surface area contributed by atoms with Gasteiger partial charge in [0, 0.05) is 6.20 Å². The highest BCUT2D eigenvalue weighted by molar-refractivity contribution is 7.89. The first-order valence-electron chi connectivity index (χ1n) is 3.82. The Morgan fingerprint density at radius 2 is 2.13 bits per heavy atom. The molecule has 0 amide bonds. The van der Waals surface area contributed by atoms with E-state index in [4.69, 9.17) is 0 Å². The van der Waals surface area contributed by atoms with Crippen LogP contribution in [0.3, 0.4) is 0 Å². The van der Waals surface area contributed by atoms with E-state index < -0.39 is 33.8 Å². The molecule has 1 aromatic rings. The van der Waals surface area contributed by atoms with Crippen molar-refractivity contribution in [1.29, 1.82) is 0 Å². The molecule has 0 aliphatic heterocycles. The maximum Gasteiger partial charge on any atom is 0.261 e. The Bertz CT molecular complexity index is 436. The maximum atomic E-state index is 12.9. The van der Waals surface area contributed by atoms with Crippen molar-refractivity contribution in [1.82, 2.24) is 9.71 Å². The van der Waals surface area contributed by atoms with Gasteiger partial charge in [-0.15, -0.1) is 0 Å². The highest BCUT2D eigenvalue weighted by Gasteiger charge is 2.21. The second-order valence-electron chi connectivity index (χ2n) is 2.53. The van der Waals surface area contributed by atoms with Gasteiger partial charge < -0.3 is 0 Å². The molecule has 0 unspecified atom stereocenters. The molecule has 84 valence electrons. The molecule has 0 aliphatic carbocycles.